The van der Waals surface area contributed by atoms with E-state index in [1.54, 1.807) is 12.1 Å². The molecule has 0 saturated carbocycles. The molecule has 0 fully saturated rings. The van der Waals surface area contributed by atoms with Gasteiger partial charge in [-0.05, 0) is 23.3 Å². The van der Waals surface area contributed by atoms with Gasteiger partial charge in [0.2, 0.25) is 5.91 Å². The number of benzene rings is 2. The van der Waals surface area contributed by atoms with Crippen molar-refractivity contribution in [2.24, 2.45) is 5.10 Å². The molecule has 2 aromatic carbocycles. The van der Waals surface area contributed by atoms with Gasteiger partial charge in [0.1, 0.15) is 0 Å². The Hall–Kier alpha value is -3.02. The minimum atomic E-state index is -0.436. The second kappa shape index (κ2) is 6.00. The Morgan fingerprint density at radius 1 is 1.17 bits per heavy atom. The summed E-state index contributed by atoms with van der Waals surface area (Å²) >= 11 is 0. The Kier molecular flexibility index (Phi) is 3.89. The fourth-order valence-corrected chi connectivity index (χ4v) is 2.69. The molecule has 1 amide bonds. The van der Waals surface area contributed by atoms with Crippen molar-refractivity contribution in [1.29, 1.82) is 0 Å². The molecule has 0 bridgehead atoms. The Morgan fingerprint density at radius 3 is 2.39 bits per heavy atom. The number of non-ortho nitro benzene ring substituents is 1. The van der Waals surface area contributed by atoms with E-state index in [4.69, 9.17) is 0 Å². The first-order valence-corrected chi connectivity index (χ1v) is 7.23. The normalized spacial score (nSPS) is 17.0. The average molecular weight is 309 g/mol. The van der Waals surface area contributed by atoms with E-state index < -0.39 is 4.92 Å². The van der Waals surface area contributed by atoms with Crippen LogP contribution in [0.5, 0.6) is 0 Å². The van der Waals surface area contributed by atoms with Crippen LogP contribution in [0.3, 0.4) is 0 Å². The lowest BCUT2D eigenvalue weighted by Crippen LogP contribution is -2.24. The molecule has 3 rings (SSSR count). The second-order valence-electron chi connectivity index (χ2n) is 5.34. The average Bonchev–Trinajstić information content (AvgIpc) is 3.01. The van der Waals surface area contributed by atoms with Crippen molar-refractivity contribution in [3.8, 4) is 0 Å². The van der Waals surface area contributed by atoms with E-state index in [0.717, 1.165) is 16.8 Å². The number of hydrogen-bond acceptors (Lipinski definition) is 4. The molecule has 0 aromatic heterocycles. The van der Waals surface area contributed by atoms with Crippen molar-refractivity contribution in [3.63, 3.8) is 0 Å². The first-order valence-electron chi connectivity index (χ1n) is 7.23. The first-order chi connectivity index (χ1) is 11.1. The summed E-state index contributed by atoms with van der Waals surface area (Å²) in [6.45, 7) is 1.48. The van der Waals surface area contributed by atoms with E-state index in [1.807, 2.05) is 30.3 Å². The number of nitro groups is 1. The van der Waals surface area contributed by atoms with E-state index in [0.29, 0.717) is 6.42 Å². The fourth-order valence-electron chi connectivity index (χ4n) is 2.69. The lowest BCUT2D eigenvalue weighted by molar-refractivity contribution is -0.384. The summed E-state index contributed by atoms with van der Waals surface area (Å²) < 4.78 is 0. The lowest BCUT2D eigenvalue weighted by Gasteiger charge is -2.20. The van der Waals surface area contributed by atoms with Crippen LogP contribution in [0.25, 0.3) is 0 Å². The number of hydrogen-bond donors (Lipinski definition) is 0. The fraction of sp³-hybridized carbons (Fsp3) is 0.176. The summed E-state index contributed by atoms with van der Waals surface area (Å²) in [7, 11) is 0. The molecule has 0 radical (unpaired) electrons. The quantitative estimate of drug-likeness (QED) is 0.645. The zero-order valence-corrected chi connectivity index (χ0v) is 12.5. The van der Waals surface area contributed by atoms with Crippen LogP contribution in [-0.4, -0.2) is 21.6 Å². The van der Waals surface area contributed by atoms with E-state index >= 15 is 0 Å². The van der Waals surface area contributed by atoms with Gasteiger partial charge < -0.3 is 0 Å². The van der Waals surface area contributed by atoms with E-state index in [2.05, 4.69) is 5.10 Å². The van der Waals surface area contributed by atoms with Crippen LogP contribution in [-0.2, 0) is 4.79 Å². The zero-order valence-electron chi connectivity index (χ0n) is 12.5. The maximum Gasteiger partial charge on any atom is 0.269 e. The molecule has 6 nitrogen and oxygen atoms in total. The number of carbonyl (C=O) groups is 1. The van der Waals surface area contributed by atoms with Crippen molar-refractivity contribution in [3.05, 3.63) is 75.8 Å². The summed E-state index contributed by atoms with van der Waals surface area (Å²) in [5.74, 6) is -0.129. The molecule has 1 aliphatic heterocycles. The van der Waals surface area contributed by atoms with Crippen LogP contribution in [0.4, 0.5) is 5.69 Å². The molecule has 2 aromatic rings. The molecule has 116 valence electrons. The van der Waals surface area contributed by atoms with E-state index in [1.165, 1.54) is 24.1 Å². The third-order valence-corrected chi connectivity index (χ3v) is 3.83. The molecule has 0 spiro atoms. The zero-order chi connectivity index (χ0) is 16.4. The molecule has 1 aliphatic rings. The van der Waals surface area contributed by atoms with Gasteiger partial charge in [-0.3, -0.25) is 14.9 Å². The third kappa shape index (κ3) is 2.96. The van der Waals surface area contributed by atoms with Gasteiger partial charge in [-0.25, -0.2) is 5.01 Å². The Balaban J connectivity index is 1.90. The molecular formula is C17H15N3O3. The highest BCUT2D eigenvalue weighted by atomic mass is 16.6. The molecule has 6 heteroatoms. The van der Waals surface area contributed by atoms with Gasteiger partial charge in [-0.1, -0.05) is 30.3 Å². The van der Waals surface area contributed by atoms with Gasteiger partial charge in [0.05, 0.1) is 16.7 Å². The highest BCUT2D eigenvalue weighted by Gasteiger charge is 2.31. The standard InChI is InChI=1S/C17H15N3O3/c1-12(21)19-17(14-5-3-2-4-6-14)11-16(18-19)13-7-9-15(10-8-13)20(22)23/h2-10,17H,11H2,1H3/t17-/m0/s1. The van der Waals surface area contributed by atoms with Crippen LogP contribution >= 0.6 is 0 Å². The highest BCUT2D eigenvalue weighted by Crippen LogP contribution is 2.32. The van der Waals surface area contributed by atoms with Gasteiger partial charge >= 0.3 is 0 Å². The molecule has 0 saturated heterocycles. The van der Waals surface area contributed by atoms with Gasteiger partial charge in [0, 0.05) is 25.5 Å². The molecule has 0 N–H and O–H groups in total. The predicted molar refractivity (Wildman–Crippen MR) is 86.0 cm³/mol. The van der Waals surface area contributed by atoms with Crippen LogP contribution in [0.1, 0.15) is 30.5 Å². The number of rotatable bonds is 3. The SMILES string of the molecule is CC(=O)N1N=C(c2ccc([N+](=O)[O-])cc2)C[C@H]1c1ccccc1. The van der Waals surface area contributed by atoms with Crippen LogP contribution < -0.4 is 0 Å². The van der Waals surface area contributed by atoms with Gasteiger partial charge in [0.15, 0.2) is 0 Å². The van der Waals surface area contributed by atoms with Gasteiger partial charge in [-0.15, -0.1) is 0 Å². The number of carbonyl (C=O) groups excluding carboxylic acids is 1. The summed E-state index contributed by atoms with van der Waals surface area (Å²) in [5, 5.41) is 16.6. The molecule has 0 aliphatic carbocycles. The van der Waals surface area contributed by atoms with Crippen molar-refractivity contribution in [2.45, 2.75) is 19.4 Å². The summed E-state index contributed by atoms with van der Waals surface area (Å²) in [6.07, 6.45) is 0.585. The topological polar surface area (TPSA) is 75.8 Å². The molecule has 0 unspecified atom stereocenters. The Bertz CT molecular complexity index is 769. The monoisotopic (exact) mass is 309 g/mol. The van der Waals surface area contributed by atoms with Gasteiger partial charge in [-0.2, -0.15) is 5.10 Å². The molecule has 1 atom stereocenters. The van der Waals surface area contributed by atoms with E-state index in [9.17, 15) is 14.9 Å². The van der Waals surface area contributed by atoms with Crippen LogP contribution in [0, 0.1) is 10.1 Å². The first kappa shape index (κ1) is 14.9. The molecule has 1 heterocycles. The lowest BCUT2D eigenvalue weighted by atomic mass is 9.98. The van der Waals surface area contributed by atoms with Gasteiger partial charge in [0.25, 0.3) is 5.69 Å². The largest absolute Gasteiger partial charge is 0.273 e. The predicted octanol–water partition coefficient (Wildman–Crippen LogP) is 3.29. The minimum Gasteiger partial charge on any atom is -0.273 e. The Labute approximate surface area is 133 Å². The van der Waals surface area contributed by atoms with Crippen molar-refractivity contribution < 1.29 is 9.72 Å². The minimum absolute atomic E-state index is 0.0374. The number of nitrogens with zero attached hydrogens (tertiary/aromatic N) is 3. The highest BCUT2D eigenvalue weighted by molar-refractivity contribution is 6.03. The van der Waals surface area contributed by atoms with Crippen molar-refractivity contribution >= 4 is 17.3 Å². The summed E-state index contributed by atoms with van der Waals surface area (Å²) in [6, 6.07) is 15.8. The maximum absolute atomic E-state index is 11.9. The Morgan fingerprint density at radius 2 is 1.83 bits per heavy atom. The van der Waals surface area contributed by atoms with Crippen molar-refractivity contribution in [2.75, 3.05) is 0 Å². The second-order valence-corrected chi connectivity index (χ2v) is 5.34. The molecule has 23 heavy (non-hydrogen) atoms. The van der Waals surface area contributed by atoms with E-state index in [-0.39, 0.29) is 17.6 Å². The summed E-state index contributed by atoms with van der Waals surface area (Å²) in [4.78, 5) is 22.2. The summed E-state index contributed by atoms with van der Waals surface area (Å²) in [5.41, 5.74) is 2.60. The van der Waals surface area contributed by atoms with Crippen LogP contribution in [0.2, 0.25) is 0 Å². The number of hydrazone groups is 1. The maximum atomic E-state index is 11.9. The number of amides is 1. The smallest absolute Gasteiger partial charge is 0.269 e. The third-order valence-electron chi connectivity index (χ3n) is 3.83. The van der Waals surface area contributed by atoms with Crippen molar-refractivity contribution in [1.82, 2.24) is 5.01 Å². The molecular weight excluding hydrogens is 294 g/mol. The number of nitro benzene ring substituents is 1. The van der Waals surface area contributed by atoms with Crippen LogP contribution in [0.15, 0.2) is 59.7 Å².